The van der Waals surface area contributed by atoms with E-state index in [1.165, 1.54) is 6.07 Å². The molecular formula is C18H18N4O3. The van der Waals surface area contributed by atoms with Gasteiger partial charge in [0.05, 0.1) is 11.3 Å². The van der Waals surface area contributed by atoms with Crippen LogP contribution in [0.25, 0.3) is 11.4 Å². The van der Waals surface area contributed by atoms with E-state index in [0.717, 1.165) is 5.69 Å². The Hall–Kier alpha value is -3.22. The van der Waals surface area contributed by atoms with E-state index in [1.54, 1.807) is 30.7 Å². The van der Waals surface area contributed by atoms with E-state index >= 15 is 0 Å². The van der Waals surface area contributed by atoms with Gasteiger partial charge in [-0.3, -0.25) is 19.4 Å². The summed E-state index contributed by atoms with van der Waals surface area (Å²) in [5.41, 5.74) is 2.24. The van der Waals surface area contributed by atoms with Gasteiger partial charge in [-0.1, -0.05) is 6.07 Å². The molecule has 7 heteroatoms. The standard InChI is InChI=1S/C18H18N4O3/c1-12(2)22-15(6-7-21-22)18-14(19-8-9-20-18)11-25-17-5-3-4-16(24)13(17)10-23/h3-10,12,24H,11H2,1-2H3. The van der Waals surface area contributed by atoms with Crippen LogP contribution in [0, 0.1) is 0 Å². The van der Waals surface area contributed by atoms with E-state index in [-0.39, 0.29) is 24.0 Å². The van der Waals surface area contributed by atoms with Crippen LogP contribution in [0.5, 0.6) is 11.5 Å². The molecule has 0 unspecified atom stereocenters. The van der Waals surface area contributed by atoms with Crippen LogP contribution in [0.2, 0.25) is 0 Å². The Morgan fingerprint density at radius 2 is 2.00 bits per heavy atom. The lowest BCUT2D eigenvalue weighted by atomic mass is 10.2. The van der Waals surface area contributed by atoms with Crippen molar-refractivity contribution in [2.75, 3.05) is 0 Å². The number of phenols is 1. The molecule has 0 radical (unpaired) electrons. The predicted molar refractivity (Wildman–Crippen MR) is 91.5 cm³/mol. The summed E-state index contributed by atoms with van der Waals surface area (Å²) in [5, 5.41) is 14.1. The number of phenolic OH excluding ortho intramolecular Hbond substituents is 1. The van der Waals surface area contributed by atoms with E-state index in [1.807, 2.05) is 24.6 Å². The molecule has 0 aliphatic heterocycles. The molecule has 128 valence electrons. The molecule has 1 aromatic carbocycles. The van der Waals surface area contributed by atoms with Crippen molar-refractivity contribution in [1.82, 2.24) is 19.7 Å². The highest BCUT2D eigenvalue weighted by atomic mass is 16.5. The minimum atomic E-state index is -0.121. The molecule has 1 N–H and O–H groups in total. The number of aromatic hydroxyl groups is 1. The molecule has 3 rings (SSSR count). The normalized spacial score (nSPS) is 10.8. The minimum Gasteiger partial charge on any atom is -0.507 e. The van der Waals surface area contributed by atoms with Crippen molar-refractivity contribution in [2.24, 2.45) is 0 Å². The first-order valence-electron chi connectivity index (χ1n) is 7.85. The van der Waals surface area contributed by atoms with Crippen LogP contribution in [0.4, 0.5) is 0 Å². The summed E-state index contributed by atoms with van der Waals surface area (Å²) in [6.07, 6.45) is 5.48. The second-order valence-electron chi connectivity index (χ2n) is 5.70. The maximum atomic E-state index is 11.2. The van der Waals surface area contributed by atoms with Gasteiger partial charge >= 0.3 is 0 Å². The maximum Gasteiger partial charge on any atom is 0.157 e. The second kappa shape index (κ2) is 7.12. The number of ether oxygens (including phenoxy) is 1. The summed E-state index contributed by atoms with van der Waals surface area (Å²) in [5.74, 6) is 0.175. The molecule has 0 spiro atoms. The molecule has 2 heterocycles. The smallest absolute Gasteiger partial charge is 0.157 e. The van der Waals surface area contributed by atoms with Crippen LogP contribution < -0.4 is 4.74 Å². The van der Waals surface area contributed by atoms with Gasteiger partial charge in [-0.15, -0.1) is 0 Å². The lowest BCUT2D eigenvalue weighted by Gasteiger charge is -2.14. The Kier molecular flexibility index (Phi) is 4.74. The molecule has 0 saturated heterocycles. The van der Waals surface area contributed by atoms with Gasteiger partial charge in [0.25, 0.3) is 0 Å². The number of rotatable bonds is 6. The molecule has 0 atom stereocenters. The van der Waals surface area contributed by atoms with Gasteiger partial charge < -0.3 is 9.84 Å². The van der Waals surface area contributed by atoms with Gasteiger partial charge in [0.15, 0.2) is 6.29 Å². The van der Waals surface area contributed by atoms with Gasteiger partial charge in [-0.2, -0.15) is 5.10 Å². The summed E-state index contributed by atoms with van der Waals surface area (Å²) in [6.45, 7) is 4.18. The zero-order valence-electron chi connectivity index (χ0n) is 14.0. The van der Waals surface area contributed by atoms with E-state index in [9.17, 15) is 9.90 Å². The number of hydrogen-bond donors (Lipinski definition) is 1. The Labute approximate surface area is 144 Å². The zero-order valence-corrected chi connectivity index (χ0v) is 14.0. The molecule has 0 aliphatic rings. The lowest BCUT2D eigenvalue weighted by Crippen LogP contribution is -2.09. The van der Waals surface area contributed by atoms with Crippen molar-refractivity contribution in [3.63, 3.8) is 0 Å². The van der Waals surface area contributed by atoms with Crippen molar-refractivity contribution < 1.29 is 14.6 Å². The van der Waals surface area contributed by atoms with Gasteiger partial charge in [0.1, 0.15) is 29.5 Å². The fraction of sp³-hybridized carbons (Fsp3) is 0.222. The summed E-state index contributed by atoms with van der Waals surface area (Å²) < 4.78 is 7.57. The molecule has 0 fully saturated rings. The summed E-state index contributed by atoms with van der Waals surface area (Å²) >= 11 is 0. The predicted octanol–water partition coefficient (Wildman–Crippen LogP) is 3.02. The van der Waals surface area contributed by atoms with Gasteiger partial charge in [-0.25, -0.2) is 0 Å². The minimum absolute atomic E-state index is 0.108. The van der Waals surface area contributed by atoms with Gasteiger partial charge in [0, 0.05) is 24.6 Å². The Balaban J connectivity index is 1.91. The first-order chi connectivity index (χ1) is 12.1. The largest absolute Gasteiger partial charge is 0.507 e. The van der Waals surface area contributed by atoms with E-state index < -0.39 is 0 Å². The number of aldehydes is 1. The average Bonchev–Trinajstić information content (AvgIpc) is 3.10. The molecule has 7 nitrogen and oxygen atoms in total. The molecule has 0 amide bonds. The van der Waals surface area contributed by atoms with Crippen LogP contribution in [0.1, 0.15) is 35.9 Å². The first kappa shape index (κ1) is 16.6. The van der Waals surface area contributed by atoms with Gasteiger partial charge in [-0.05, 0) is 32.0 Å². The summed E-state index contributed by atoms with van der Waals surface area (Å²) in [6, 6.07) is 6.72. The fourth-order valence-corrected chi connectivity index (χ4v) is 2.52. The Bertz CT molecular complexity index is 890. The van der Waals surface area contributed by atoms with Crippen LogP contribution in [-0.2, 0) is 6.61 Å². The number of benzene rings is 1. The van der Waals surface area contributed by atoms with Crippen molar-refractivity contribution in [1.29, 1.82) is 0 Å². The number of aromatic nitrogens is 4. The fourth-order valence-electron chi connectivity index (χ4n) is 2.52. The second-order valence-corrected chi connectivity index (χ2v) is 5.70. The maximum absolute atomic E-state index is 11.2. The van der Waals surface area contributed by atoms with E-state index in [4.69, 9.17) is 4.74 Å². The number of carbonyl (C=O) groups excluding carboxylic acids is 1. The first-order valence-corrected chi connectivity index (χ1v) is 7.85. The van der Waals surface area contributed by atoms with Crippen LogP contribution in [0.15, 0.2) is 42.9 Å². The van der Waals surface area contributed by atoms with E-state index in [0.29, 0.717) is 23.4 Å². The monoisotopic (exact) mass is 338 g/mol. The van der Waals surface area contributed by atoms with Crippen LogP contribution in [0.3, 0.4) is 0 Å². The molecule has 2 aromatic heterocycles. The van der Waals surface area contributed by atoms with Crippen LogP contribution >= 0.6 is 0 Å². The number of hydrogen-bond acceptors (Lipinski definition) is 6. The third-order valence-electron chi connectivity index (χ3n) is 3.70. The van der Waals surface area contributed by atoms with Crippen molar-refractivity contribution in [3.05, 3.63) is 54.1 Å². The molecule has 25 heavy (non-hydrogen) atoms. The summed E-state index contributed by atoms with van der Waals surface area (Å²) in [4.78, 5) is 19.9. The topological polar surface area (TPSA) is 90.1 Å². The molecule has 0 aliphatic carbocycles. The lowest BCUT2D eigenvalue weighted by molar-refractivity contribution is 0.111. The third-order valence-corrected chi connectivity index (χ3v) is 3.70. The Morgan fingerprint density at radius 1 is 1.20 bits per heavy atom. The highest BCUT2D eigenvalue weighted by molar-refractivity contribution is 5.83. The van der Waals surface area contributed by atoms with Crippen molar-refractivity contribution in [3.8, 4) is 22.9 Å². The molecule has 0 saturated carbocycles. The zero-order chi connectivity index (χ0) is 17.8. The average molecular weight is 338 g/mol. The third kappa shape index (κ3) is 3.35. The van der Waals surface area contributed by atoms with E-state index in [2.05, 4.69) is 15.1 Å². The Morgan fingerprint density at radius 3 is 2.76 bits per heavy atom. The highest BCUT2D eigenvalue weighted by Crippen LogP contribution is 2.27. The quantitative estimate of drug-likeness (QED) is 0.695. The molecular weight excluding hydrogens is 320 g/mol. The highest BCUT2D eigenvalue weighted by Gasteiger charge is 2.16. The van der Waals surface area contributed by atoms with Crippen molar-refractivity contribution >= 4 is 6.29 Å². The number of nitrogens with zero attached hydrogens (tertiary/aromatic N) is 4. The number of carbonyl (C=O) groups is 1. The SMILES string of the molecule is CC(C)n1nccc1-c1nccnc1COc1cccc(O)c1C=O. The van der Waals surface area contributed by atoms with Crippen LogP contribution in [-0.4, -0.2) is 31.1 Å². The molecule has 3 aromatic rings. The summed E-state index contributed by atoms with van der Waals surface area (Å²) in [7, 11) is 0. The molecule has 0 bridgehead atoms. The van der Waals surface area contributed by atoms with Crippen molar-refractivity contribution in [2.45, 2.75) is 26.5 Å². The van der Waals surface area contributed by atoms with Gasteiger partial charge in [0.2, 0.25) is 0 Å².